The highest BCUT2D eigenvalue weighted by Crippen LogP contribution is 2.11. The zero-order chi connectivity index (χ0) is 11.1. The molecule has 0 radical (unpaired) electrons. The molecule has 0 N–H and O–H groups in total. The molecule has 0 amide bonds. The number of hydrogen-bond acceptors (Lipinski definition) is 1. The van der Waals surface area contributed by atoms with Crippen LogP contribution in [0.5, 0.6) is 0 Å². The summed E-state index contributed by atoms with van der Waals surface area (Å²) >= 11 is 5.82. The van der Waals surface area contributed by atoms with Crippen molar-refractivity contribution in [3.63, 3.8) is 0 Å². The second kappa shape index (κ2) is 6.44. The fraction of sp³-hybridized carbons (Fsp3) is 0.231. The summed E-state index contributed by atoms with van der Waals surface area (Å²) in [7, 11) is 0. The highest BCUT2D eigenvalue weighted by molar-refractivity contribution is 6.30. The summed E-state index contributed by atoms with van der Waals surface area (Å²) in [5, 5.41) is 0.776. The third kappa shape index (κ3) is 4.32. The minimum absolute atomic E-state index is 0.776. The zero-order valence-electron chi connectivity index (χ0n) is 8.82. The van der Waals surface area contributed by atoms with E-state index < -0.39 is 0 Å². The van der Waals surface area contributed by atoms with Crippen molar-refractivity contribution in [3.8, 4) is 0 Å². The van der Waals surface area contributed by atoms with Crippen LogP contribution >= 0.6 is 11.6 Å². The van der Waals surface area contributed by atoms with Gasteiger partial charge in [0.15, 0.2) is 0 Å². The number of nitrogens with zero attached hydrogens (tertiary/aromatic N) is 1. The van der Waals surface area contributed by atoms with Gasteiger partial charge in [-0.3, -0.25) is 4.90 Å². The van der Waals surface area contributed by atoms with Gasteiger partial charge in [0.2, 0.25) is 0 Å². The molecule has 80 valence electrons. The van der Waals surface area contributed by atoms with Crippen molar-refractivity contribution in [3.05, 3.63) is 60.2 Å². The molecule has 0 heterocycles. The molecule has 1 aromatic carbocycles. The molecule has 0 saturated heterocycles. The van der Waals surface area contributed by atoms with E-state index in [1.165, 1.54) is 5.56 Å². The molecule has 0 fully saturated rings. The summed E-state index contributed by atoms with van der Waals surface area (Å²) in [5.41, 5.74) is 1.25. The monoisotopic (exact) mass is 221 g/mol. The molecule has 1 nitrogen and oxygen atoms in total. The third-order valence-corrected chi connectivity index (χ3v) is 2.35. The molecule has 0 aliphatic carbocycles. The fourth-order valence-electron chi connectivity index (χ4n) is 1.42. The lowest BCUT2D eigenvalue weighted by Gasteiger charge is -2.18. The quantitative estimate of drug-likeness (QED) is 0.665. The minimum atomic E-state index is 0.776. The highest BCUT2D eigenvalue weighted by Gasteiger charge is 2.01. The van der Waals surface area contributed by atoms with Gasteiger partial charge in [-0.1, -0.05) is 35.9 Å². The summed E-state index contributed by atoms with van der Waals surface area (Å²) in [6.45, 7) is 10.1. The van der Waals surface area contributed by atoms with E-state index in [2.05, 4.69) is 18.1 Å². The Balaban J connectivity index is 2.60. The topological polar surface area (TPSA) is 3.24 Å². The standard InChI is InChI=1S/C13H16ClN/c1-3-9-15(10-4-2)11-12-5-7-13(14)8-6-12/h3-8H,1-2,9-11H2. The van der Waals surface area contributed by atoms with Crippen molar-refractivity contribution >= 4 is 11.6 Å². The number of hydrogen-bond donors (Lipinski definition) is 0. The van der Waals surface area contributed by atoms with Crippen LogP contribution in [0.2, 0.25) is 5.02 Å². The maximum atomic E-state index is 5.82. The van der Waals surface area contributed by atoms with Crippen LogP contribution in [-0.4, -0.2) is 18.0 Å². The second-order valence-corrected chi connectivity index (χ2v) is 3.83. The van der Waals surface area contributed by atoms with E-state index in [-0.39, 0.29) is 0 Å². The molecule has 0 aliphatic rings. The van der Waals surface area contributed by atoms with Crippen LogP contribution in [-0.2, 0) is 6.54 Å². The first-order chi connectivity index (χ1) is 7.26. The first-order valence-corrected chi connectivity index (χ1v) is 5.32. The van der Waals surface area contributed by atoms with Crippen molar-refractivity contribution in [1.82, 2.24) is 4.90 Å². The van der Waals surface area contributed by atoms with Crippen molar-refractivity contribution in [2.45, 2.75) is 6.54 Å². The van der Waals surface area contributed by atoms with Gasteiger partial charge in [-0.2, -0.15) is 0 Å². The van der Waals surface area contributed by atoms with Gasteiger partial charge < -0.3 is 0 Å². The first-order valence-electron chi connectivity index (χ1n) is 4.95. The van der Waals surface area contributed by atoms with Gasteiger partial charge in [0.1, 0.15) is 0 Å². The number of rotatable bonds is 6. The van der Waals surface area contributed by atoms with Crippen molar-refractivity contribution in [2.24, 2.45) is 0 Å². The molecule has 1 aromatic rings. The van der Waals surface area contributed by atoms with Gasteiger partial charge in [0.25, 0.3) is 0 Å². The van der Waals surface area contributed by atoms with E-state index in [0.29, 0.717) is 0 Å². The SMILES string of the molecule is C=CCN(CC=C)Cc1ccc(Cl)cc1. The Labute approximate surface area is 96.7 Å². The van der Waals surface area contributed by atoms with Crippen LogP contribution in [0.15, 0.2) is 49.6 Å². The van der Waals surface area contributed by atoms with Crippen LogP contribution in [0, 0.1) is 0 Å². The van der Waals surface area contributed by atoms with E-state index >= 15 is 0 Å². The van der Waals surface area contributed by atoms with Crippen molar-refractivity contribution < 1.29 is 0 Å². The third-order valence-electron chi connectivity index (χ3n) is 2.09. The molecule has 0 atom stereocenters. The van der Waals surface area contributed by atoms with Gasteiger partial charge in [0, 0.05) is 24.7 Å². The summed E-state index contributed by atoms with van der Waals surface area (Å²) in [4.78, 5) is 2.25. The minimum Gasteiger partial charge on any atom is -0.292 e. The molecule has 0 saturated carbocycles. The Morgan fingerprint density at radius 3 is 2.07 bits per heavy atom. The molecule has 0 unspecified atom stereocenters. The Bertz CT molecular complexity index is 306. The lowest BCUT2D eigenvalue weighted by atomic mass is 10.2. The van der Waals surface area contributed by atoms with E-state index in [1.807, 2.05) is 36.4 Å². The predicted octanol–water partition coefficient (Wildman–Crippen LogP) is 3.51. The maximum Gasteiger partial charge on any atom is 0.0406 e. The average molecular weight is 222 g/mol. The van der Waals surface area contributed by atoms with Crippen LogP contribution in [0.25, 0.3) is 0 Å². The van der Waals surface area contributed by atoms with Crippen molar-refractivity contribution in [2.75, 3.05) is 13.1 Å². The molecule has 0 bridgehead atoms. The van der Waals surface area contributed by atoms with E-state index in [4.69, 9.17) is 11.6 Å². The highest BCUT2D eigenvalue weighted by atomic mass is 35.5. The molecule has 1 rings (SSSR count). The van der Waals surface area contributed by atoms with E-state index in [0.717, 1.165) is 24.7 Å². The summed E-state index contributed by atoms with van der Waals surface area (Å²) in [5.74, 6) is 0. The van der Waals surface area contributed by atoms with Crippen molar-refractivity contribution in [1.29, 1.82) is 0 Å². The van der Waals surface area contributed by atoms with Crippen LogP contribution in [0.3, 0.4) is 0 Å². The van der Waals surface area contributed by atoms with Crippen LogP contribution in [0.1, 0.15) is 5.56 Å². The Morgan fingerprint density at radius 2 is 1.60 bits per heavy atom. The van der Waals surface area contributed by atoms with Gasteiger partial charge in [0.05, 0.1) is 0 Å². The lowest BCUT2D eigenvalue weighted by molar-refractivity contribution is 0.328. The second-order valence-electron chi connectivity index (χ2n) is 3.40. The van der Waals surface area contributed by atoms with Crippen LogP contribution < -0.4 is 0 Å². The summed E-state index contributed by atoms with van der Waals surface area (Å²) < 4.78 is 0. The summed E-state index contributed by atoms with van der Waals surface area (Å²) in [6.07, 6.45) is 3.80. The average Bonchev–Trinajstić information content (AvgIpc) is 2.22. The van der Waals surface area contributed by atoms with Gasteiger partial charge >= 0.3 is 0 Å². The zero-order valence-corrected chi connectivity index (χ0v) is 9.58. The number of benzene rings is 1. The Kier molecular flexibility index (Phi) is 5.16. The number of halogens is 1. The molecule has 0 aromatic heterocycles. The molecule has 0 spiro atoms. The molecular formula is C13H16ClN. The van der Waals surface area contributed by atoms with E-state index in [9.17, 15) is 0 Å². The fourth-order valence-corrected chi connectivity index (χ4v) is 1.54. The predicted molar refractivity (Wildman–Crippen MR) is 67.1 cm³/mol. The largest absolute Gasteiger partial charge is 0.292 e. The molecule has 0 aliphatic heterocycles. The Hall–Kier alpha value is -1.05. The van der Waals surface area contributed by atoms with Crippen LogP contribution in [0.4, 0.5) is 0 Å². The maximum absolute atomic E-state index is 5.82. The smallest absolute Gasteiger partial charge is 0.0406 e. The van der Waals surface area contributed by atoms with Gasteiger partial charge in [-0.15, -0.1) is 13.2 Å². The van der Waals surface area contributed by atoms with E-state index in [1.54, 1.807) is 0 Å². The van der Waals surface area contributed by atoms with Gasteiger partial charge in [-0.05, 0) is 17.7 Å². The summed E-state index contributed by atoms with van der Waals surface area (Å²) in [6, 6.07) is 7.91. The molecule has 2 heteroatoms. The molecule has 15 heavy (non-hydrogen) atoms. The first kappa shape index (κ1) is 12.0. The lowest BCUT2D eigenvalue weighted by Crippen LogP contribution is -2.23. The molecular weight excluding hydrogens is 206 g/mol. The normalized spacial score (nSPS) is 10.3. The Morgan fingerprint density at radius 1 is 1.07 bits per heavy atom. The van der Waals surface area contributed by atoms with Gasteiger partial charge in [-0.25, -0.2) is 0 Å².